The number of fused-ring (bicyclic) bond motifs is 10. The summed E-state index contributed by atoms with van der Waals surface area (Å²) in [6.45, 7) is 0. The van der Waals surface area contributed by atoms with Crippen LogP contribution in [0.4, 0.5) is 0 Å². The summed E-state index contributed by atoms with van der Waals surface area (Å²) in [5, 5.41) is 1.30. The normalized spacial score (nSPS) is 11.9. The van der Waals surface area contributed by atoms with Crippen molar-refractivity contribution in [3.63, 3.8) is 0 Å². The van der Waals surface area contributed by atoms with Crippen LogP contribution in [0, 0.1) is 0 Å². The molecule has 0 saturated heterocycles. The maximum Gasteiger partial charge on any atom is 0.163 e. The van der Waals surface area contributed by atoms with Gasteiger partial charge in [0.15, 0.2) is 23.1 Å². The Morgan fingerprint density at radius 3 is 0.977 bits per heavy atom. The molecule has 12 aromatic rings. The molecule has 0 N–H and O–H groups in total. The lowest BCUT2D eigenvalue weighted by Gasteiger charge is -2.28. The van der Waals surface area contributed by atoms with E-state index in [4.69, 9.17) is 255 Å². The summed E-state index contributed by atoms with van der Waals surface area (Å²) in [5.41, 5.74) is -4.88. The first-order chi connectivity index (χ1) is 40.7. The average molecular weight is 1040 g/mol. The Kier molecular flexibility index (Phi) is 15.0. The van der Waals surface area contributed by atoms with E-state index in [1.54, 1.807) is 0 Å². The van der Waals surface area contributed by atoms with Gasteiger partial charge >= 0.3 is 0 Å². The average Bonchev–Trinajstić information content (AvgIpc) is 1.59. The van der Waals surface area contributed by atoms with Crippen LogP contribution in [0.3, 0.4) is 0 Å². The van der Waals surface area contributed by atoms with Crippen molar-refractivity contribution in [1.29, 1.82) is 0 Å². The summed E-state index contributed by atoms with van der Waals surface area (Å²) >= 11 is 1.16. The van der Waals surface area contributed by atoms with Gasteiger partial charge in [0, 0.05) is 58.7 Å². The van der Waals surface area contributed by atoms with Gasteiger partial charge in [-0.3, -0.25) is 0 Å². The fourth-order valence-corrected chi connectivity index (χ4v) is 12.9. The smallest absolute Gasteiger partial charge is 0.163 e. The van der Waals surface area contributed by atoms with Gasteiger partial charge in [-0.15, -0.1) is 71.4 Å². The van der Waals surface area contributed by atoms with Crippen molar-refractivity contribution in [3.8, 4) is 51.0 Å². The highest BCUT2D eigenvalue weighted by molar-refractivity contribution is 7.28. The van der Waals surface area contributed by atoms with Crippen LogP contribution in [0.5, 0.6) is 0 Å². The number of thiophene rings is 1. The molecule has 12 rings (SSSR count). The van der Waals surface area contributed by atoms with Gasteiger partial charge in [-0.2, -0.15) is 0 Å². The maximum absolute atomic E-state index is 7.26. The Morgan fingerprint density at radius 2 is 0.494 bits per heavy atom. The molecule has 4 heterocycles. The van der Waals surface area contributed by atoms with Crippen LogP contribution in [-0.4, -0.2) is 255 Å². The van der Waals surface area contributed by atoms with E-state index in [1.165, 1.54) is 4.57 Å². The number of hydrogen-bond donors (Lipinski definition) is 0. The SMILES string of the molecule is [B]c1c([B])c([B])c(-c2nc(-c3c([B])c([B])c(-c4c([B])c([B])c([B])c([B])c4[B])c([B])c3[B])nc(-c3c([B])c([B])c4c(oc5c(-n6c7c([B])c([B])c([B])c([B])c7c7c8sc9c([B])c([B])c([B])c([B])c9c8c([B])c([B])c76)c([B])c([B])c([B])c54)c3[B])n2)c([B])c1[B]. The van der Waals surface area contributed by atoms with E-state index in [-0.39, 0.29) is 253 Å². The lowest BCUT2D eigenvalue weighted by atomic mass is 9.56. The molecule has 60 radical (unpaired) electrons. The van der Waals surface area contributed by atoms with Gasteiger partial charge in [0.2, 0.25) is 0 Å². The lowest BCUT2D eigenvalue weighted by molar-refractivity contribution is 0.670. The molecule has 0 fully saturated rings. The van der Waals surface area contributed by atoms with E-state index in [0.717, 1.165) is 11.3 Å². The molecule has 0 aliphatic heterocycles. The molecular weight excluding hydrogens is 1040 g/mol. The predicted molar refractivity (Wildman–Crippen MR) is 398 cm³/mol. The second-order valence-corrected chi connectivity index (χ2v) is 21.8. The van der Waals surface area contributed by atoms with Crippen molar-refractivity contribution < 1.29 is 4.42 Å². The molecule has 0 aliphatic carbocycles. The molecule has 0 saturated carbocycles. The van der Waals surface area contributed by atoms with Crippen molar-refractivity contribution in [2.24, 2.45) is 0 Å². The van der Waals surface area contributed by atoms with Crippen molar-refractivity contribution in [2.75, 3.05) is 0 Å². The van der Waals surface area contributed by atoms with Gasteiger partial charge in [-0.05, 0) is 27.4 Å². The van der Waals surface area contributed by atoms with Crippen LogP contribution in [0.25, 0.3) is 115 Å². The van der Waals surface area contributed by atoms with Crippen LogP contribution >= 0.6 is 11.3 Å². The summed E-state index contributed by atoms with van der Waals surface area (Å²) in [6, 6.07) is 0. The van der Waals surface area contributed by atoms with Crippen molar-refractivity contribution in [1.82, 2.24) is 19.5 Å². The summed E-state index contributed by atoms with van der Waals surface area (Å²) in [6.07, 6.45) is 0. The molecule has 36 heteroatoms. The number of rotatable bonds is 5. The summed E-state index contributed by atoms with van der Waals surface area (Å²) < 4.78 is 9.25. The zero-order valence-electron chi connectivity index (χ0n) is 45.4. The largest absolute Gasteiger partial charge is 0.455 e. The fourth-order valence-electron chi connectivity index (χ4n) is 11.5. The summed E-state index contributed by atoms with van der Waals surface area (Å²) in [4.78, 5) is 14.3. The van der Waals surface area contributed by atoms with E-state index in [9.17, 15) is 0 Å². The molecule has 0 unspecified atom stereocenters. The van der Waals surface area contributed by atoms with Gasteiger partial charge in [-0.25, -0.2) is 15.0 Å². The van der Waals surface area contributed by atoms with Gasteiger partial charge in [0.05, 0.1) is 5.69 Å². The molecule has 4 aromatic heterocycles. The number of benzene rings is 8. The van der Waals surface area contributed by atoms with Crippen molar-refractivity contribution in [3.05, 3.63) is 0 Å². The molecule has 326 valence electrons. The highest BCUT2D eigenvalue weighted by atomic mass is 32.1. The van der Waals surface area contributed by atoms with Crippen molar-refractivity contribution >= 4 is 475 Å². The van der Waals surface area contributed by atoms with Crippen LogP contribution in [0.2, 0.25) is 0 Å². The minimum Gasteiger partial charge on any atom is -0.455 e. The quantitative estimate of drug-likeness (QED) is 0.161. The maximum atomic E-state index is 7.26. The molecule has 0 bridgehead atoms. The van der Waals surface area contributed by atoms with E-state index in [2.05, 4.69) is 0 Å². The second kappa shape index (κ2) is 21.1. The molecule has 0 atom stereocenters. The van der Waals surface area contributed by atoms with Crippen molar-refractivity contribution in [2.45, 2.75) is 0 Å². The topological polar surface area (TPSA) is 56.7 Å². The fraction of sp³-hybridized carbons (Fsp3) is 0. The minimum absolute atomic E-state index is 0.00949. The van der Waals surface area contributed by atoms with Crippen LogP contribution in [0.15, 0.2) is 4.42 Å². The Bertz CT molecular complexity index is 5220. The number of hydrogen-bond acceptors (Lipinski definition) is 5. The highest BCUT2D eigenvalue weighted by Gasteiger charge is 2.32. The first-order valence-electron chi connectivity index (χ1n) is 25.2. The first-order valence-corrected chi connectivity index (χ1v) is 26.1. The first kappa shape index (κ1) is 61.8. The number of furan rings is 1. The lowest BCUT2D eigenvalue weighted by Crippen LogP contribution is -2.57. The number of nitrogens with zero attached hydrogens (tertiary/aromatic N) is 4. The van der Waals surface area contributed by atoms with E-state index in [0.29, 0.717) is 25.6 Å². The second-order valence-electron chi connectivity index (χ2n) is 20.7. The Labute approximate surface area is 545 Å². The van der Waals surface area contributed by atoms with E-state index in [1.807, 2.05) is 0 Å². The summed E-state index contributed by atoms with van der Waals surface area (Å²) in [5.74, 6) is -1.07. The third-order valence-corrected chi connectivity index (χ3v) is 17.5. The molecule has 0 amide bonds. The summed E-state index contributed by atoms with van der Waals surface area (Å²) in [7, 11) is 201. The predicted octanol–water partition coefficient (Wildman–Crippen LogP) is -22.3. The highest BCUT2D eigenvalue weighted by Crippen LogP contribution is 2.41. The minimum atomic E-state index is -0.370. The van der Waals surface area contributed by atoms with Crippen LogP contribution in [-0.2, 0) is 0 Å². The van der Waals surface area contributed by atoms with Crippen LogP contribution < -0.4 is 164 Å². The Hall–Kier alpha value is -5.46. The van der Waals surface area contributed by atoms with Gasteiger partial charge in [0.1, 0.15) is 241 Å². The number of aromatic nitrogens is 4. The molecule has 0 spiro atoms. The third-order valence-electron chi connectivity index (χ3n) is 16.3. The van der Waals surface area contributed by atoms with Gasteiger partial charge < -0.3 is 8.98 Å². The monoisotopic (exact) mass is 1050 g/mol. The zero-order valence-corrected chi connectivity index (χ0v) is 46.2. The standard InChI is InChI=1S/C51B30N4OS/c52-12-1(2-14(54)27(67)34(74)28(68)15(2)55)13(53)22(62)9(21(12)61)49-82-50(10-24(64)31(71)35(75)32(72)25(10)65)84-51(83-49)11-23(63)17(57)4-5-18(58)33(73)40(80)44(46(5)86-45(4)26(11)66)85-42-3(16(56)29(69)36(76)39(42)79)8-43(85)38(78)20(60)6-7-19(59)30(70)37(77)41(81)48(7)87-47(6)8. The Balaban J connectivity index is 1.21. The molecule has 87 heavy (non-hydrogen) atoms. The van der Waals surface area contributed by atoms with Gasteiger partial charge in [-0.1, -0.05) is 98.3 Å². The third kappa shape index (κ3) is 8.17. The molecular formula is C51B30N4OS. The molecule has 8 aromatic carbocycles. The zero-order chi connectivity index (χ0) is 63.6. The van der Waals surface area contributed by atoms with Crippen LogP contribution in [0.1, 0.15) is 0 Å². The van der Waals surface area contributed by atoms with E-state index < -0.39 is 0 Å². The molecule has 5 nitrogen and oxygen atoms in total. The Morgan fingerprint density at radius 1 is 0.218 bits per heavy atom. The van der Waals surface area contributed by atoms with E-state index >= 15 is 0 Å². The van der Waals surface area contributed by atoms with Gasteiger partial charge in [0.25, 0.3) is 0 Å². The molecule has 0 aliphatic rings.